The minimum absolute atomic E-state index is 0.221. The van der Waals surface area contributed by atoms with Crippen molar-refractivity contribution in [2.75, 3.05) is 0 Å². The summed E-state index contributed by atoms with van der Waals surface area (Å²) >= 11 is 5.91. The van der Waals surface area contributed by atoms with Gasteiger partial charge in [-0.15, -0.1) is 0 Å². The number of nitrogens with zero attached hydrogens (tertiary/aromatic N) is 1. The molecule has 94 valence electrons. The number of nitrogens with one attached hydrogen (secondary N) is 1. The second-order valence-corrected chi connectivity index (χ2v) is 4.59. The summed E-state index contributed by atoms with van der Waals surface area (Å²) in [5, 5.41) is 13.6. The van der Waals surface area contributed by atoms with Crippen molar-refractivity contribution in [1.29, 1.82) is 0 Å². The summed E-state index contributed by atoms with van der Waals surface area (Å²) in [6, 6.07) is 11.1. The molecular weight excluding hydrogens is 248 g/mol. The highest BCUT2D eigenvalue weighted by molar-refractivity contribution is 6.30. The first-order valence-electron chi connectivity index (χ1n) is 5.76. The van der Waals surface area contributed by atoms with Crippen LogP contribution in [0, 0.1) is 6.92 Å². The van der Waals surface area contributed by atoms with Gasteiger partial charge in [0.05, 0.1) is 5.69 Å². The molecule has 0 atom stereocenters. The second-order valence-electron chi connectivity index (χ2n) is 4.15. The lowest BCUT2D eigenvalue weighted by atomic mass is 10.2. The van der Waals surface area contributed by atoms with Crippen molar-refractivity contribution in [3.63, 3.8) is 0 Å². The fourth-order valence-electron chi connectivity index (χ4n) is 1.71. The number of rotatable bonds is 4. The van der Waals surface area contributed by atoms with Crippen LogP contribution in [0.1, 0.15) is 17.0 Å². The summed E-state index contributed by atoms with van der Waals surface area (Å²) in [5.41, 5.74) is 2.67. The zero-order valence-corrected chi connectivity index (χ0v) is 10.9. The van der Waals surface area contributed by atoms with E-state index in [-0.39, 0.29) is 5.75 Å². The highest BCUT2D eigenvalue weighted by atomic mass is 35.5. The lowest BCUT2D eigenvalue weighted by Crippen LogP contribution is -2.14. The van der Waals surface area contributed by atoms with Gasteiger partial charge in [0, 0.05) is 23.8 Å². The molecule has 0 aliphatic heterocycles. The summed E-state index contributed by atoms with van der Waals surface area (Å²) in [6.45, 7) is 3.12. The van der Waals surface area contributed by atoms with Crippen molar-refractivity contribution >= 4 is 11.6 Å². The predicted molar refractivity (Wildman–Crippen MR) is 72.6 cm³/mol. The zero-order chi connectivity index (χ0) is 13.0. The van der Waals surface area contributed by atoms with Gasteiger partial charge in [0.1, 0.15) is 5.75 Å². The number of aryl methyl sites for hydroxylation is 1. The first kappa shape index (κ1) is 12.9. The number of aromatic hydroxyl groups is 1. The standard InChI is InChI=1S/C14H15ClN2O/c1-10-5-6-14(18)13(17-10)9-16-8-11-3-2-4-12(15)7-11/h2-7,16,18H,8-9H2,1H3. The molecule has 3 nitrogen and oxygen atoms in total. The molecule has 0 amide bonds. The van der Waals surface area contributed by atoms with E-state index in [1.165, 1.54) is 0 Å². The topological polar surface area (TPSA) is 45.1 Å². The van der Waals surface area contributed by atoms with Crippen LogP contribution in [0.2, 0.25) is 5.02 Å². The summed E-state index contributed by atoms with van der Waals surface area (Å²) in [4.78, 5) is 4.28. The van der Waals surface area contributed by atoms with E-state index in [0.29, 0.717) is 18.8 Å². The summed E-state index contributed by atoms with van der Waals surface area (Å²) in [6.07, 6.45) is 0. The van der Waals surface area contributed by atoms with E-state index in [0.717, 1.165) is 16.3 Å². The molecular formula is C14H15ClN2O. The monoisotopic (exact) mass is 262 g/mol. The molecule has 0 bridgehead atoms. The van der Waals surface area contributed by atoms with Crippen LogP contribution in [-0.4, -0.2) is 10.1 Å². The third-order valence-corrected chi connectivity index (χ3v) is 2.84. The largest absolute Gasteiger partial charge is 0.506 e. The minimum Gasteiger partial charge on any atom is -0.506 e. The molecule has 2 N–H and O–H groups in total. The van der Waals surface area contributed by atoms with Crippen molar-refractivity contribution in [2.24, 2.45) is 0 Å². The molecule has 0 unspecified atom stereocenters. The van der Waals surface area contributed by atoms with Gasteiger partial charge in [-0.05, 0) is 36.8 Å². The van der Waals surface area contributed by atoms with E-state index >= 15 is 0 Å². The Balaban J connectivity index is 1.94. The van der Waals surface area contributed by atoms with E-state index in [1.807, 2.05) is 31.2 Å². The normalized spacial score (nSPS) is 10.6. The van der Waals surface area contributed by atoms with Crippen molar-refractivity contribution in [1.82, 2.24) is 10.3 Å². The minimum atomic E-state index is 0.221. The Morgan fingerprint density at radius 2 is 2.06 bits per heavy atom. The summed E-state index contributed by atoms with van der Waals surface area (Å²) < 4.78 is 0. The highest BCUT2D eigenvalue weighted by Crippen LogP contribution is 2.15. The fraction of sp³-hybridized carbons (Fsp3) is 0.214. The van der Waals surface area contributed by atoms with Crippen LogP contribution in [0.25, 0.3) is 0 Å². The van der Waals surface area contributed by atoms with E-state index in [9.17, 15) is 5.11 Å². The van der Waals surface area contributed by atoms with Gasteiger partial charge >= 0.3 is 0 Å². The molecule has 1 aromatic heterocycles. The molecule has 0 fully saturated rings. The maximum Gasteiger partial charge on any atom is 0.138 e. The van der Waals surface area contributed by atoms with Crippen molar-refractivity contribution in [3.05, 3.63) is 58.4 Å². The molecule has 0 saturated carbocycles. The number of aromatic nitrogens is 1. The summed E-state index contributed by atoms with van der Waals surface area (Å²) in [5.74, 6) is 0.221. The first-order chi connectivity index (χ1) is 8.65. The first-order valence-corrected chi connectivity index (χ1v) is 6.13. The van der Waals surface area contributed by atoms with Crippen molar-refractivity contribution in [2.45, 2.75) is 20.0 Å². The Bertz CT molecular complexity index is 543. The molecule has 2 aromatic rings. The van der Waals surface area contributed by atoms with Gasteiger partial charge in [-0.1, -0.05) is 23.7 Å². The number of hydrogen-bond acceptors (Lipinski definition) is 3. The Morgan fingerprint density at radius 1 is 1.22 bits per heavy atom. The van der Waals surface area contributed by atoms with E-state index < -0.39 is 0 Å². The van der Waals surface area contributed by atoms with Gasteiger partial charge in [0.15, 0.2) is 0 Å². The average molecular weight is 263 g/mol. The number of hydrogen-bond donors (Lipinski definition) is 2. The Kier molecular flexibility index (Phi) is 4.18. The molecule has 2 rings (SSSR count). The molecule has 4 heteroatoms. The Labute approximate surface area is 111 Å². The van der Waals surface area contributed by atoms with Crippen LogP contribution in [0.5, 0.6) is 5.75 Å². The number of halogens is 1. The van der Waals surface area contributed by atoms with Gasteiger partial charge in [-0.25, -0.2) is 0 Å². The van der Waals surface area contributed by atoms with Crippen LogP contribution < -0.4 is 5.32 Å². The van der Waals surface area contributed by atoms with Crippen molar-refractivity contribution in [3.8, 4) is 5.75 Å². The van der Waals surface area contributed by atoms with Gasteiger partial charge in [0.2, 0.25) is 0 Å². The second kappa shape index (κ2) is 5.85. The predicted octanol–water partition coefficient (Wildman–Crippen LogP) is 3.04. The van der Waals surface area contributed by atoms with Crippen LogP contribution >= 0.6 is 11.6 Å². The van der Waals surface area contributed by atoms with Crippen molar-refractivity contribution < 1.29 is 5.11 Å². The maximum absolute atomic E-state index is 9.65. The third kappa shape index (κ3) is 3.45. The molecule has 18 heavy (non-hydrogen) atoms. The molecule has 0 spiro atoms. The average Bonchev–Trinajstić information content (AvgIpc) is 2.34. The van der Waals surface area contributed by atoms with Gasteiger partial charge in [-0.2, -0.15) is 0 Å². The quantitative estimate of drug-likeness (QED) is 0.890. The molecule has 1 heterocycles. The van der Waals surface area contributed by atoms with Gasteiger partial charge in [0.25, 0.3) is 0 Å². The molecule has 0 radical (unpaired) electrons. The van der Waals surface area contributed by atoms with Crippen LogP contribution in [0.4, 0.5) is 0 Å². The summed E-state index contributed by atoms with van der Waals surface area (Å²) in [7, 11) is 0. The smallest absolute Gasteiger partial charge is 0.138 e. The van der Waals surface area contributed by atoms with Crippen LogP contribution in [0.3, 0.4) is 0 Å². The van der Waals surface area contributed by atoms with Crippen LogP contribution in [-0.2, 0) is 13.1 Å². The maximum atomic E-state index is 9.65. The highest BCUT2D eigenvalue weighted by Gasteiger charge is 2.02. The van der Waals surface area contributed by atoms with E-state index in [4.69, 9.17) is 11.6 Å². The Hall–Kier alpha value is -1.58. The SMILES string of the molecule is Cc1ccc(O)c(CNCc2cccc(Cl)c2)n1. The zero-order valence-electron chi connectivity index (χ0n) is 10.2. The molecule has 0 aliphatic rings. The van der Waals surface area contributed by atoms with Gasteiger partial charge in [-0.3, -0.25) is 4.98 Å². The number of benzene rings is 1. The van der Waals surface area contributed by atoms with E-state index in [1.54, 1.807) is 12.1 Å². The van der Waals surface area contributed by atoms with Gasteiger partial charge < -0.3 is 10.4 Å². The molecule has 0 saturated heterocycles. The lowest BCUT2D eigenvalue weighted by Gasteiger charge is -2.07. The third-order valence-electron chi connectivity index (χ3n) is 2.60. The molecule has 0 aliphatic carbocycles. The van der Waals surface area contributed by atoms with E-state index in [2.05, 4.69) is 10.3 Å². The van der Waals surface area contributed by atoms with Crippen LogP contribution in [0.15, 0.2) is 36.4 Å². The Morgan fingerprint density at radius 3 is 2.83 bits per heavy atom. The number of pyridine rings is 1. The fourth-order valence-corrected chi connectivity index (χ4v) is 1.92. The lowest BCUT2D eigenvalue weighted by molar-refractivity contribution is 0.459. The molecule has 1 aromatic carbocycles.